The number of nitrogens with one attached hydrogen (secondary N) is 1. The normalized spacial score (nSPS) is 12.5. The van der Waals surface area contributed by atoms with Crippen molar-refractivity contribution in [3.63, 3.8) is 0 Å². The largest absolute Gasteiger partial charge is 0.454 e. The highest BCUT2D eigenvalue weighted by Gasteiger charge is 2.14. The van der Waals surface area contributed by atoms with Gasteiger partial charge in [0.2, 0.25) is 12.7 Å². The number of aryl methyl sites for hydroxylation is 1. The second-order valence-corrected chi connectivity index (χ2v) is 7.79. The van der Waals surface area contributed by atoms with E-state index in [2.05, 4.69) is 28.3 Å². The van der Waals surface area contributed by atoms with Crippen molar-refractivity contribution in [2.24, 2.45) is 0 Å². The zero-order valence-electron chi connectivity index (χ0n) is 13.4. The number of hydrogen-bond acceptors (Lipinski definition) is 7. The molecule has 1 amide bonds. The van der Waals surface area contributed by atoms with E-state index in [1.54, 1.807) is 47.6 Å². The van der Waals surface area contributed by atoms with E-state index in [0.29, 0.717) is 29.4 Å². The average Bonchev–Trinajstić information content (AvgIpc) is 3.20. The monoisotopic (exact) mass is 373 g/mol. The zero-order valence-corrected chi connectivity index (χ0v) is 15.1. The standard InChI is InChI=1S/C17H15N3O3S2/c1-10-6-12-16(18-8-19-17(12)25-10)24-5-4-15(21)20-11-2-3-13-14(7-11)23-9-22-13/h2-3,6-8H,4-5,9H2,1H3,(H,20,21). The summed E-state index contributed by atoms with van der Waals surface area (Å²) >= 11 is 3.22. The fourth-order valence-electron chi connectivity index (χ4n) is 2.51. The molecule has 0 spiro atoms. The van der Waals surface area contributed by atoms with E-state index in [4.69, 9.17) is 9.47 Å². The summed E-state index contributed by atoms with van der Waals surface area (Å²) in [7, 11) is 0. The number of carbonyl (C=O) groups is 1. The highest BCUT2D eigenvalue weighted by Crippen LogP contribution is 2.34. The maximum atomic E-state index is 12.1. The van der Waals surface area contributed by atoms with Crippen LogP contribution < -0.4 is 14.8 Å². The molecule has 6 nitrogen and oxygen atoms in total. The Morgan fingerprint density at radius 1 is 1.28 bits per heavy atom. The van der Waals surface area contributed by atoms with Crippen molar-refractivity contribution < 1.29 is 14.3 Å². The summed E-state index contributed by atoms with van der Waals surface area (Å²) in [4.78, 5) is 23.0. The molecule has 3 aromatic rings. The first-order valence-electron chi connectivity index (χ1n) is 7.72. The molecular formula is C17H15N3O3S2. The van der Waals surface area contributed by atoms with Crippen LogP contribution >= 0.6 is 23.1 Å². The Balaban J connectivity index is 1.34. The van der Waals surface area contributed by atoms with E-state index in [0.717, 1.165) is 15.2 Å². The number of aromatic nitrogens is 2. The SMILES string of the molecule is Cc1cc2c(SCCC(=O)Nc3ccc4c(c3)OCO4)ncnc2s1. The molecule has 0 radical (unpaired) electrons. The van der Waals surface area contributed by atoms with Gasteiger partial charge in [-0.05, 0) is 25.1 Å². The lowest BCUT2D eigenvalue weighted by Crippen LogP contribution is -2.12. The van der Waals surface area contributed by atoms with Gasteiger partial charge in [0.05, 0.1) is 0 Å². The molecule has 0 atom stereocenters. The first-order valence-corrected chi connectivity index (χ1v) is 9.53. The van der Waals surface area contributed by atoms with E-state index >= 15 is 0 Å². The number of nitrogens with zero attached hydrogens (tertiary/aromatic N) is 2. The van der Waals surface area contributed by atoms with Gasteiger partial charge in [0, 0.05) is 34.2 Å². The summed E-state index contributed by atoms with van der Waals surface area (Å²) in [6.07, 6.45) is 1.97. The van der Waals surface area contributed by atoms with Crippen LogP contribution in [0.4, 0.5) is 5.69 Å². The van der Waals surface area contributed by atoms with Crippen molar-refractivity contribution in [3.8, 4) is 11.5 Å². The van der Waals surface area contributed by atoms with Gasteiger partial charge < -0.3 is 14.8 Å². The Kier molecular flexibility index (Phi) is 4.46. The molecule has 0 aliphatic carbocycles. The molecule has 3 heterocycles. The summed E-state index contributed by atoms with van der Waals surface area (Å²) in [6, 6.07) is 7.47. The van der Waals surface area contributed by atoms with E-state index in [9.17, 15) is 4.79 Å². The maximum Gasteiger partial charge on any atom is 0.231 e. The van der Waals surface area contributed by atoms with Crippen LogP contribution in [0.25, 0.3) is 10.2 Å². The summed E-state index contributed by atoms with van der Waals surface area (Å²) in [5.74, 6) is 1.96. The molecule has 128 valence electrons. The van der Waals surface area contributed by atoms with Gasteiger partial charge in [0.25, 0.3) is 0 Å². The fourth-order valence-corrected chi connectivity index (χ4v) is 4.33. The smallest absolute Gasteiger partial charge is 0.231 e. The third kappa shape index (κ3) is 3.54. The van der Waals surface area contributed by atoms with Crippen LogP contribution in [0.2, 0.25) is 0 Å². The average molecular weight is 373 g/mol. The Bertz CT molecular complexity index is 942. The van der Waals surface area contributed by atoms with E-state index in [1.807, 2.05) is 0 Å². The van der Waals surface area contributed by atoms with Crippen LogP contribution in [-0.4, -0.2) is 28.4 Å². The first kappa shape index (κ1) is 16.2. The van der Waals surface area contributed by atoms with E-state index in [-0.39, 0.29) is 12.7 Å². The summed E-state index contributed by atoms with van der Waals surface area (Å²) in [5.41, 5.74) is 0.706. The number of rotatable bonds is 5. The molecule has 8 heteroatoms. The summed E-state index contributed by atoms with van der Waals surface area (Å²) in [5, 5.41) is 4.86. The maximum absolute atomic E-state index is 12.1. The predicted molar refractivity (Wildman–Crippen MR) is 98.7 cm³/mol. The fraction of sp³-hybridized carbons (Fsp3) is 0.235. The van der Waals surface area contributed by atoms with Crippen molar-refractivity contribution in [1.82, 2.24) is 9.97 Å². The second-order valence-electron chi connectivity index (χ2n) is 5.47. The molecule has 0 saturated heterocycles. The Hall–Kier alpha value is -2.32. The minimum atomic E-state index is -0.0434. The van der Waals surface area contributed by atoms with Gasteiger partial charge in [-0.25, -0.2) is 9.97 Å². The van der Waals surface area contributed by atoms with Gasteiger partial charge in [0.1, 0.15) is 16.2 Å². The van der Waals surface area contributed by atoms with E-state index in [1.165, 1.54) is 4.88 Å². The van der Waals surface area contributed by atoms with Gasteiger partial charge in [-0.2, -0.15) is 0 Å². The number of amides is 1. The van der Waals surface area contributed by atoms with Crippen molar-refractivity contribution in [1.29, 1.82) is 0 Å². The van der Waals surface area contributed by atoms with Crippen LogP contribution in [0.3, 0.4) is 0 Å². The van der Waals surface area contributed by atoms with Gasteiger partial charge in [-0.15, -0.1) is 23.1 Å². The molecular weight excluding hydrogens is 358 g/mol. The highest BCUT2D eigenvalue weighted by molar-refractivity contribution is 7.99. The van der Waals surface area contributed by atoms with Crippen LogP contribution in [0.15, 0.2) is 35.6 Å². The summed E-state index contributed by atoms with van der Waals surface area (Å²) in [6.45, 7) is 2.28. The Labute approximate surface area is 152 Å². The van der Waals surface area contributed by atoms with Crippen LogP contribution in [0.5, 0.6) is 11.5 Å². The van der Waals surface area contributed by atoms with E-state index < -0.39 is 0 Å². The number of anilines is 1. The summed E-state index contributed by atoms with van der Waals surface area (Å²) < 4.78 is 10.6. The van der Waals surface area contributed by atoms with Crippen molar-refractivity contribution in [3.05, 3.63) is 35.5 Å². The van der Waals surface area contributed by atoms with Gasteiger partial charge >= 0.3 is 0 Å². The number of benzene rings is 1. The molecule has 0 saturated carbocycles. The third-order valence-electron chi connectivity index (χ3n) is 3.64. The number of carbonyl (C=O) groups excluding carboxylic acids is 1. The number of thioether (sulfide) groups is 1. The lowest BCUT2D eigenvalue weighted by atomic mass is 10.2. The topological polar surface area (TPSA) is 73.3 Å². The molecule has 4 rings (SSSR count). The number of ether oxygens (including phenoxy) is 2. The second kappa shape index (κ2) is 6.89. The molecule has 1 aliphatic heterocycles. The van der Waals surface area contributed by atoms with Gasteiger partial charge in [-0.1, -0.05) is 0 Å². The molecule has 25 heavy (non-hydrogen) atoms. The lowest BCUT2D eigenvalue weighted by Gasteiger charge is -2.06. The van der Waals surface area contributed by atoms with Crippen LogP contribution in [-0.2, 0) is 4.79 Å². The molecule has 2 aromatic heterocycles. The zero-order chi connectivity index (χ0) is 17.2. The molecule has 0 bridgehead atoms. The molecule has 1 aliphatic rings. The lowest BCUT2D eigenvalue weighted by molar-refractivity contribution is -0.115. The van der Waals surface area contributed by atoms with Crippen molar-refractivity contribution >= 4 is 44.9 Å². The Morgan fingerprint density at radius 2 is 2.16 bits per heavy atom. The van der Waals surface area contributed by atoms with Gasteiger partial charge in [0.15, 0.2) is 11.5 Å². The minimum Gasteiger partial charge on any atom is -0.454 e. The third-order valence-corrected chi connectivity index (χ3v) is 5.61. The highest BCUT2D eigenvalue weighted by atomic mass is 32.2. The molecule has 1 N–H and O–H groups in total. The molecule has 0 unspecified atom stereocenters. The molecule has 1 aromatic carbocycles. The number of thiophene rings is 1. The van der Waals surface area contributed by atoms with Gasteiger partial charge in [-0.3, -0.25) is 4.79 Å². The van der Waals surface area contributed by atoms with Crippen LogP contribution in [0, 0.1) is 6.92 Å². The quantitative estimate of drug-likeness (QED) is 0.541. The van der Waals surface area contributed by atoms with Crippen molar-refractivity contribution in [2.75, 3.05) is 17.9 Å². The number of fused-ring (bicyclic) bond motifs is 2. The number of hydrogen-bond donors (Lipinski definition) is 1. The predicted octanol–water partition coefficient (Wildman–Crippen LogP) is 3.85. The van der Waals surface area contributed by atoms with Crippen LogP contribution in [0.1, 0.15) is 11.3 Å². The molecule has 0 fully saturated rings. The Morgan fingerprint density at radius 3 is 3.08 bits per heavy atom. The first-order chi connectivity index (χ1) is 12.2. The minimum absolute atomic E-state index is 0.0434. The van der Waals surface area contributed by atoms with Crippen molar-refractivity contribution in [2.45, 2.75) is 18.4 Å².